The van der Waals surface area contributed by atoms with Crippen molar-refractivity contribution in [1.82, 2.24) is 0 Å². The molecule has 0 saturated heterocycles. The minimum absolute atomic E-state index is 0.621. The van der Waals surface area contributed by atoms with Crippen LogP contribution in [0, 0.1) is 6.92 Å². The van der Waals surface area contributed by atoms with Crippen molar-refractivity contribution in [1.29, 1.82) is 0 Å². The molecule has 0 saturated carbocycles. The Morgan fingerprint density at radius 1 is 1.08 bits per heavy atom. The van der Waals surface area contributed by atoms with Gasteiger partial charge in [0.15, 0.2) is 0 Å². The van der Waals surface area contributed by atoms with Crippen LogP contribution in [-0.2, 0) is 17.8 Å². The summed E-state index contributed by atoms with van der Waals surface area (Å²) in [6.45, 7) is 8.94. The van der Waals surface area contributed by atoms with Crippen molar-refractivity contribution in [2.24, 2.45) is 0 Å². The molecule has 0 heterocycles. The van der Waals surface area contributed by atoms with Crippen molar-refractivity contribution in [2.45, 2.75) is 53.6 Å². The van der Waals surface area contributed by atoms with Crippen LogP contribution in [0.1, 0.15) is 55.9 Å². The van der Waals surface area contributed by atoms with E-state index in [1.807, 2.05) is 32.0 Å². The molecule has 0 atom stereocenters. The molecule has 2 rings (SSSR count). The Morgan fingerprint density at radius 3 is 2.32 bits per heavy atom. The molecule has 0 aliphatic rings. The minimum atomic E-state index is 0.621. The summed E-state index contributed by atoms with van der Waals surface area (Å²) in [6.07, 6.45) is 7.82. The van der Waals surface area contributed by atoms with Gasteiger partial charge in [0.05, 0.1) is 0 Å². The molecule has 0 unspecified atom stereocenters. The molecule has 0 bridgehead atoms. The summed E-state index contributed by atoms with van der Waals surface area (Å²) in [5.41, 5.74) is 4.99. The molecule has 0 aromatic heterocycles. The van der Waals surface area contributed by atoms with E-state index in [2.05, 4.69) is 50.3 Å². The fourth-order valence-electron chi connectivity index (χ4n) is 2.37. The highest BCUT2D eigenvalue weighted by molar-refractivity contribution is 5.57. The third-order valence-electron chi connectivity index (χ3n) is 3.82. The number of hydrogen-bond acceptors (Lipinski definition) is 2. The van der Waals surface area contributed by atoms with Gasteiger partial charge in [-0.15, -0.1) is 0 Å². The Kier molecular flexibility index (Phi) is 10.00. The number of allylic oxidation sites excluding steroid dienone is 1. The smallest absolute Gasteiger partial charge is 0.123 e. The van der Waals surface area contributed by atoms with Gasteiger partial charge in [-0.25, -0.2) is 0 Å². The van der Waals surface area contributed by atoms with Crippen LogP contribution in [-0.4, -0.2) is 6.29 Å². The normalized spacial score (nSPS) is 10.2. The lowest BCUT2D eigenvalue weighted by atomic mass is 10.0. The first-order valence-electron chi connectivity index (χ1n) is 9.02. The first-order chi connectivity index (χ1) is 12.2. The molecular weight excluding hydrogens is 308 g/mol. The van der Waals surface area contributed by atoms with E-state index in [9.17, 15) is 4.79 Å². The van der Waals surface area contributed by atoms with Gasteiger partial charge in [-0.1, -0.05) is 56.3 Å². The maximum absolute atomic E-state index is 9.40. The Bertz CT molecular complexity index is 657. The van der Waals surface area contributed by atoms with Crippen LogP contribution in [0.4, 0.5) is 0 Å². The third-order valence-corrected chi connectivity index (χ3v) is 3.82. The van der Waals surface area contributed by atoms with Crippen LogP contribution in [0.2, 0.25) is 0 Å². The summed E-state index contributed by atoms with van der Waals surface area (Å²) < 4.78 is 6.00. The predicted molar refractivity (Wildman–Crippen MR) is 107 cm³/mol. The summed E-state index contributed by atoms with van der Waals surface area (Å²) in [4.78, 5) is 9.40. The van der Waals surface area contributed by atoms with Crippen molar-refractivity contribution in [3.63, 3.8) is 0 Å². The Hall–Kier alpha value is -2.35. The number of rotatable bonds is 7. The molecule has 0 N–H and O–H groups in total. The number of ether oxygens (including phenoxy) is 1. The summed E-state index contributed by atoms with van der Waals surface area (Å²) in [6, 6.07) is 14.7. The molecule has 2 aromatic carbocycles. The summed E-state index contributed by atoms with van der Waals surface area (Å²) in [7, 11) is 0. The monoisotopic (exact) mass is 338 g/mol. The van der Waals surface area contributed by atoms with Crippen molar-refractivity contribution < 1.29 is 9.53 Å². The lowest BCUT2D eigenvalue weighted by Crippen LogP contribution is -1.99. The van der Waals surface area contributed by atoms with E-state index in [0.29, 0.717) is 13.0 Å². The van der Waals surface area contributed by atoms with Gasteiger partial charge in [-0.2, -0.15) is 0 Å². The fourth-order valence-corrected chi connectivity index (χ4v) is 2.37. The van der Waals surface area contributed by atoms with Gasteiger partial charge in [-0.3, -0.25) is 0 Å². The molecule has 0 aliphatic heterocycles. The van der Waals surface area contributed by atoms with Crippen molar-refractivity contribution in [3.05, 3.63) is 70.8 Å². The molecule has 2 aromatic rings. The Balaban J connectivity index is 0.000000550. The highest BCUT2D eigenvalue weighted by Crippen LogP contribution is 2.26. The highest BCUT2D eigenvalue weighted by Gasteiger charge is 2.06. The van der Waals surface area contributed by atoms with E-state index in [4.69, 9.17) is 4.74 Å². The second-order valence-corrected chi connectivity index (χ2v) is 5.90. The molecule has 0 aliphatic carbocycles. The van der Waals surface area contributed by atoms with Gasteiger partial charge >= 0.3 is 0 Å². The van der Waals surface area contributed by atoms with E-state index >= 15 is 0 Å². The molecule has 0 spiro atoms. The van der Waals surface area contributed by atoms with Gasteiger partial charge in [0.2, 0.25) is 0 Å². The molecule has 0 radical (unpaired) electrons. The Morgan fingerprint density at radius 2 is 1.80 bits per heavy atom. The average Bonchev–Trinajstić information content (AvgIpc) is 2.64. The highest BCUT2D eigenvalue weighted by atomic mass is 16.5. The number of carbonyl (C=O) groups excluding carboxylic acids is 1. The number of benzene rings is 2. The quantitative estimate of drug-likeness (QED) is 0.566. The molecule has 0 fully saturated rings. The summed E-state index contributed by atoms with van der Waals surface area (Å²) in [5.74, 6) is 1.00. The molecule has 134 valence electrons. The van der Waals surface area contributed by atoms with Crippen LogP contribution in [0.5, 0.6) is 5.75 Å². The van der Waals surface area contributed by atoms with Crippen LogP contribution in [0.15, 0.2) is 48.5 Å². The maximum Gasteiger partial charge on any atom is 0.123 e. The Labute approximate surface area is 152 Å². The molecule has 2 heteroatoms. The van der Waals surface area contributed by atoms with Gasteiger partial charge in [0, 0.05) is 6.42 Å². The zero-order valence-electron chi connectivity index (χ0n) is 15.9. The van der Waals surface area contributed by atoms with Crippen LogP contribution in [0.25, 0.3) is 6.08 Å². The van der Waals surface area contributed by atoms with Crippen molar-refractivity contribution >= 4 is 12.4 Å². The number of aryl methyl sites for hydroxylation is 2. The zero-order chi connectivity index (χ0) is 18.5. The topological polar surface area (TPSA) is 26.3 Å². The van der Waals surface area contributed by atoms with Gasteiger partial charge in [-0.05, 0) is 61.1 Å². The van der Waals surface area contributed by atoms with E-state index in [0.717, 1.165) is 24.9 Å². The van der Waals surface area contributed by atoms with Crippen molar-refractivity contribution in [3.8, 4) is 5.75 Å². The number of aldehydes is 1. The first kappa shape index (κ1) is 20.7. The van der Waals surface area contributed by atoms with Crippen LogP contribution < -0.4 is 4.74 Å². The molecular formula is C23H30O2. The lowest BCUT2D eigenvalue weighted by Gasteiger charge is -2.13. The number of unbranched alkanes of at least 4 members (excludes halogenated alkanes) is 1. The summed E-state index contributed by atoms with van der Waals surface area (Å²) >= 11 is 0. The third kappa shape index (κ3) is 7.38. The van der Waals surface area contributed by atoms with Crippen molar-refractivity contribution in [2.75, 3.05) is 0 Å². The minimum Gasteiger partial charge on any atom is -0.489 e. The average molecular weight is 338 g/mol. The summed E-state index contributed by atoms with van der Waals surface area (Å²) in [5, 5.41) is 0. The first-order valence-corrected chi connectivity index (χ1v) is 9.02. The van der Waals surface area contributed by atoms with Gasteiger partial charge in [0.25, 0.3) is 0 Å². The fraction of sp³-hybridized carbons (Fsp3) is 0.348. The molecule has 2 nitrogen and oxygen atoms in total. The lowest BCUT2D eigenvalue weighted by molar-refractivity contribution is -0.107. The van der Waals surface area contributed by atoms with Gasteiger partial charge < -0.3 is 9.53 Å². The van der Waals surface area contributed by atoms with E-state index in [-0.39, 0.29) is 0 Å². The molecule has 25 heavy (non-hydrogen) atoms. The van der Waals surface area contributed by atoms with Crippen LogP contribution in [0.3, 0.4) is 0 Å². The molecule has 0 amide bonds. The second-order valence-electron chi connectivity index (χ2n) is 5.90. The number of carbonyl (C=O) groups is 1. The maximum atomic E-state index is 9.40. The van der Waals surface area contributed by atoms with Crippen LogP contribution >= 0.6 is 0 Å². The standard InChI is InChI=1S/C19H22O.C4H8O/c1-4-9-18-13-17(5-2)19(12-15(18)3)20-14-16-10-7-6-8-11-16;1-2-3-4-5/h4,6-13H,5,14H2,1-3H3;4H,2-3H2,1H3/b9-4-;. The SMILES string of the molecule is C/C=C\c1cc(CC)c(OCc2ccccc2)cc1C.CCCC=O. The second kappa shape index (κ2) is 12.1. The van der Waals surface area contributed by atoms with Gasteiger partial charge in [0.1, 0.15) is 18.6 Å². The predicted octanol–water partition coefficient (Wildman–Crippen LogP) is 6.15. The largest absolute Gasteiger partial charge is 0.489 e. The van der Waals surface area contributed by atoms with E-state index in [1.54, 1.807) is 0 Å². The number of hydrogen-bond donors (Lipinski definition) is 0. The van der Waals surface area contributed by atoms with E-state index in [1.165, 1.54) is 22.3 Å². The zero-order valence-corrected chi connectivity index (χ0v) is 15.9. The van der Waals surface area contributed by atoms with E-state index < -0.39 is 0 Å².